The van der Waals surface area contributed by atoms with Crippen molar-refractivity contribution in [2.45, 2.75) is 25.8 Å². The number of carbonyl (C=O) groups is 1. The SMILES string of the molecule is CCCN1CCN(C)C(=O)C1CCO. The zero-order valence-electron chi connectivity index (χ0n) is 9.07. The summed E-state index contributed by atoms with van der Waals surface area (Å²) in [6.07, 6.45) is 1.61. The van der Waals surface area contributed by atoms with Crippen molar-refractivity contribution in [1.29, 1.82) is 0 Å². The molecular formula is C10H20N2O2. The van der Waals surface area contributed by atoms with E-state index < -0.39 is 0 Å². The maximum Gasteiger partial charge on any atom is 0.239 e. The van der Waals surface area contributed by atoms with Crippen LogP contribution in [0.15, 0.2) is 0 Å². The Labute approximate surface area is 85.5 Å². The van der Waals surface area contributed by atoms with Crippen LogP contribution in [0.4, 0.5) is 0 Å². The third kappa shape index (κ3) is 2.45. The van der Waals surface area contributed by atoms with E-state index in [0.29, 0.717) is 6.42 Å². The van der Waals surface area contributed by atoms with Gasteiger partial charge in [-0.05, 0) is 19.4 Å². The van der Waals surface area contributed by atoms with Crippen LogP contribution in [0.5, 0.6) is 0 Å². The van der Waals surface area contributed by atoms with Crippen LogP contribution in [0.1, 0.15) is 19.8 Å². The number of aliphatic hydroxyl groups excluding tert-OH is 1. The van der Waals surface area contributed by atoms with Crippen LogP contribution >= 0.6 is 0 Å². The number of hydrogen-bond donors (Lipinski definition) is 1. The molecule has 1 fully saturated rings. The van der Waals surface area contributed by atoms with Crippen LogP contribution in [0.25, 0.3) is 0 Å². The van der Waals surface area contributed by atoms with Gasteiger partial charge >= 0.3 is 0 Å². The molecule has 0 aromatic rings. The van der Waals surface area contributed by atoms with Gasteiger partial charge in [-0.1, -0.05) is 6.92 Å². The zero-order chi connectivity index (χ0) is 10.6. The smallest absolute Gasteiger partial charge is 0.239 e. The van der Waals surface area contributed by atoms with E-state index in [1.165, 1.54) is 0 Å². The average molecular weight is 200 g/mol. The highest BCUT2D eigenvalue weighted by molar-refractivity contribution is 5.82. The summed E-state index contributed by atoms with van der Waals surface area (Å²) in [6.45, 7) is 4.88. The summed E-state index contributed by atoms with van der Waals surface area (Å²) in [7, 11) is 1.83. The van der Waals surface area contributed by atoms with Gasteiger partial charge in [0.1, 0.15) is 0 Å². The maximum atomic E-state index is 11.8. The number of nitrogens with zero attached hydrogens (tertiary/aromatic N) is 2. The van der Waals surface area contributed by atoms with E-state index in [2.05, 4.69) is 11.8 Å². The minimum Gasteiger partial charge on any atom is -0.396 e. The Morgan fingerprint density at radius 2 is 2.21 bits per heavy atom. The highest BCUT2D eigenvalue weighted by Crippen LogP contribution is 2.13. The molecule has 4 nitrogen and oxygen atoms in total. The Bertz CT molecular complexity index is 197. The zero-order valence-corrected chi connectivity index (χ0v) is 9.07. The van der Waals surface area contributed by atoms with Crippen molar-refractivity contribution >= 4 is 5.91 Å². The van der Waals surface area contributed by atoms with Crippen LogP contribution in [0.2, 0.25) is 0 Å². The summed E-state index contributed by atoms with van der Waals surface area (Å²) >= 11 is 0. The molecule has 1 saturated heterocycles. The summed E-state index contributed by atoms with van der Waals surface area (Å²) in [5.41, 5.74) is 0. The second-order valence-electron chi connectivity index (χ2n) is 3.82. The van der Waals surface area contributed by atoms with Gasteiger partial charge in [0.15, 0.2) is 0 Å². The Morgan fingerprint density at radius 3 is 2.79 bits per heavy atom. The first-order valence-electron chi connectivity index (χ1n) is 5.30. The largest absolute Gasteiger partial charge is 0.396 e. The minimum atomic E-state index is -0.0984. The quantitative estimate of drug-likeness (QED) is 0.690. The van der Waals surface area contributed by atoms with Gasteiger partial charge in [-0.3, -0.25) is 9.69 Å². The Hall–Kier alpha value is -0.610. The van der Waals surface area contributed by atoms with Crippen molar-refractivity contribution in [2.75, 3.05) is 33.3 Å². The van der Waals surface area contributed by atoms with Crippen LogP contribution in [-0.2, 0) is 4.79 Å². The van der Waals surface area contributed by atoms with E-state index in [4.69, 9.17) is 5.11 Å². The van der Waals surface area contributed by atoms with Gasteiger partial charge < -0.3 is 10.0 Å². The number of amides is 1. The lowest BCUT2D eigenvalue weighted by Crippen LogP contribution is -2.56. The van der Waals surface area contributed by atoms with Crippen molar-refractivity contribution < 1.29 is 9.90 Å². The van der Waals surface area contributed by atoms with Crippen LogP contribution in [0.3, 0.4) is 0 Å². The van der Waals surface area contributed by atoms with Crippen LogP contribution < -0.4 is 0 Å². The number of aliphatic hydroxyl groups is 1. The lowest BCUT2D eigenvalue weighted by atomic mass is 10.1. The molecule has 1 aliphatic rings. The van der Waals surface area contributed by atoms with Crippen LogP contribution in [0, 0.1) is 0 Å². The van der Waals surface area contributed by atoms with E-state index >= 15 is 0 Å². The summed E-state index contributed by atoms with van der Waals surface area (Å²) < 4.78 is 0. The highest BCUT2D eigenvalue weighted by atomic mass is 16.3. The summed E-state index contributed by atoms with van der Waals surface area (Å²) in [5, 5.41) is 8.91. The predicted octanol–water partition coefficient (Wildman–Crippen LogP) is -0.0786. The van der Waals surface area contributed by atoms with Gasteiger partial charge in [0, 0.05) is 26.7 Å². The van der Waals surface area contributed by atoms with E-state index in [1.807, 2.05) is 7.05 Å². The molecule has 0 bridgehead atoms. The normalized spacial score (nSPS) is 24.4. The summed E-state index contributed by atoms with van der Waals surface area (Å²) in [4.78, 5) is 15.7. The molecule has 0 spiro atoms. The molecule has 1 rings (SSSR count). The van der Waals surface area contributed by atoms with Crippen LogP contribution in [-0.4, -0.2) is 60.1 Å². The van der Waals surface area contributed by atoms with Gasteiger partial charge in [0.2, 0.25) is 5.91 Å². The number of rotatable bonds is 4. The second-order valence-corrected chi connectivity index (χ2v) is 3.82. The number of carbonyl (C=O) groups excluding carboxylic acids is 1. The molecule has 1 N–H and O–H groups in total. The standard InChI is InChI=1S/C10H20N2O2/c1-3-5-12-7-6-11(2)10(14)9(12)4-8-13/h9,13H,3-8H2,1-2H3. The van der Waals surface area contributed by atoms with E-state index in [1.54, 1.807) is 4.90 Å². The van der Waals surface area contributed by atoms with Crippen molar-refractivity contribution in [1.82, 2.24) is 9.80 Å². The van der Waals surface area contributed by atoms with E-state index in [9.17, 15) is 4.79 Å². The van der Waals surface area contributed by atoms with E-state index in [-0.39, 0.29) is 18.6 Å². The number of hydrogen-bond acceptors (Lipinski definition) is 3. The van der Waals surface area contributed by atoms with Crippen molar-refractivity contribution in [3.05, 3.63) is 0 Å². The molecule has 0 aliphatic carbocycles. The van der Waals surface area contributed by atoms with Crippen molar-refractivity contribution in [2.24, 2.45) is 0 Å². The van der Waals surface area contributed by atoms with Gasteiger partial charge in [0.05, 0.1) is 6.04 Å². The molecule has 1 unspecified atom stereocenters. The predicted molar refractivity (Wildman–Crippen MR) is 55.0 cm³/mol. The Kier molecular flexibility index (Phi) is 4.35. The lowest BCUT2D eigenvalue weighted by molar-refractivity contribution is -0.140. The first-order valence-corrected chi connectivity index (χ1v) is 5.30. The molecule has 0 radical (unpaired) electrons. The van der Waals surface area contributed by atoms with Gasteiger partial charge in [-0.25, -0.2) is 0 Å². The Morgan fingerprint density at radius 1 is 1.50 bits per heavy atom. The fourth-order valence-electron chi connectivity index (χ4n) is 1.94. The monoisotopic (exact) mass is 200 g/mol. The molecule has 0 saturated carbocycles. The fraction of sp³-hybridized carbons (Fsp3) is 0.900. The topological polar surface area (TPSA) is 43.8 Å². The molecule has 1 aliphatic heterocycles. The molecular weight excluding hydrogens is 180 g/mol. The first-order chi connectivity index (χ1) is 6.70. The number of likely N-dealkylation sites (N-methyl/N-ethyl adjacent to an activating group) is 1. The Balaban J connectivity index is 2.61. The molecule has 0 aromatic carbocycles. The van der Waals surface area contributed by atoms with E-state index in [0.717, 1.165) is 26.1 Å². The maximum absolute atomic E-state index is 11.8. The minimum absolute atomic E-state index is 0.0878. The van der Waals surface area contributed by atoms with Gasteiger partial charge in [-0.2, -0.15) is 0 Å². The highest BCUT2D eigenvalue weighted by Gasteiger charge is 2.31. The molecule has 4 heteroatoms. The second kappa shape index (κ2) is 5.32. The molecule has 1 atom stereocenters. The first kappa shape index (κ1) is 11.5. The average Bonchev–Trinajstić information content (AvgIpc) is 2.18. The summed E-state index contributed by atoms with van der Waals surface area (Å²) in [5.74, 6) is 0.152. The molecule has 0 aromatic heterocycles. The molecule has 14 heavy (non-hydrogen) atoms. The third-order valence-corrected chi connectivity index (χ3v) is 2.74. The lowest BCUT2D eigenvalue weighted by Gasteiger charge is -2.38. The van der Waals surface area contributed by atoms with Gasteiger partial charge in [0.25, 0.3) is 0 Å². The molecule has 1 amide bonds. The van der Waals surface area contributed by atoms with Gasteiger partial charge in [-0.15, -0.1) is 0 Å². The third-order valence-electron chi connectivity index (χ3n) is 2.74. The number of piperazine rings is 1. The van der Waals surface area contributed by atoms with Crippen molar-refractivity contribution in [3.8, 4) is 0 Å². The molecule has 1 heterocycles. The fourth-order valence-corrected chi connectivity index (χ4v) is 1.94. The van der Waals surface area contributed by atoms with Crippen molar-refractivity contribution in [3.63, 3.8) is 0 Å². The summed E-state index contributed by atoms with van der Waals surface area (Å²) in [6, 6.07) is -0.0984. The molecule has 82 valence electrons.